The molecule has 5 nitrogen and oxygen atoms in total. The van der Waals surface area contributed by atoms with Crippen molar-refractivity contribution in [3.8, 4) is 11.3 Å². The molecular formula is C23H27N3O2. The molecule has 2 heterocycles. The average molecular weight is 377 g/mol. The Labute approximate surface area is 166 Å². The number of carbonyl (C=O) groups excluding carboxylic acids is 2. The van der Waals surface area contributed by atoms with E-state index in [0.717, 1.165) is 17.5 Å². The third-order valence-corrected chi connectivity index (χ3v) is 6.12. The molecule has 28 heavy (non-hydrogen) atoms. The van der Waals surface area contributed by atoms with Gasteiger partial charge in [0.05, 0.1) is 5.69 Å². The highest BCUT2D eigenvalue weighted by molar-refractivity contribution is 6.01. The molecule has 1 fully saturated rings. The molecule has 1 atom stereocenters. The molecule has 1 N–H and O–H groups in total. The minimum absolute atomic E-state index is 0.00000874. The van der Waals surface area contributed by atoms with Gasteiger partial charge in [0.25, 0.3) is 5.91 Å². The standard InChI is InChI=1S/C18H24N2O2.C5H3N/c1-19-17(21)16(11-13-7-3-2-4-8-13)20-12-14-9-5-6-10-15(14)18(20)22;1-2-5-4(1)3-6-5/h5-6,9-10,13,16H,2-4,7-8,11-12H2,1H3,(H,19,21);1-3H. The van der Waals surface area contributed by atoms with Crippen molar-refractivity contribution < 1.29 is 9.59 Å². The third kappa shape index (κ3) is 3.66. The molecule has 0 aromatic heterocycles. The summed E-state index contributed by atoms with van der Waals surface area (Å²) >= 11 is 0. The third-order valence-electron chi connectivity index (χ3n) is 6.12. The molecule has 1 aromatic rings. The zero-order valence-corrected chi connectivity index (χ0v) is 16.4. The van der Waals surface area contributed by atoms with E-state index in [4.69, 9.17) is 0 Å². The summed E-state index contributed by atoms with van der Waals surface area (Å²) in [5, 5.41) is 2.75. The van der Waals surface area contributed by atoms with E-state index >= 15 is 0 Å². The summed E-state index contributed by atoms with van der Waals surface area (Å²) in [6.07, 6.45) is 8.83. The number of amides is 2. The van der Waals surface area contributed by atoms with Crippen LogP contribution in [0.2, 0.25) is 0 Å². The second-order valence-electron chi connectivity index (χ2n) is 7.89. The van der Waals surface area contributed by atoms with E-state index in [2.05, 4.69) is 16.4 Å². The first-order chi connectivity index (χ1) is 13.7. The number of hydrogen-bond donors (Lipinski definition) is 1. The molecule has 0 spiro atoms. The van der Waals surface area contributed by atoms with Gasteiger partial charge < -0.3 is 10.2 Å². The molecule has 1 saturated carbocycles. The number of nitrogens with one attached hydrogen (secondary N) is 1. The Balaban J connectivity index is 0.000000268. The number of rotatable bonds is 4. The normalized spacial score (nSPS) is 18.0. The van der Waals surface area contributed by atoms with Crippen molar-refractivity contribution in [3.63, 3.8) is 0 Å². The van der Waals surface area contributed by atoms with Crippen molar-refractivity contribution in [2.75, 3.05) is 7.05 Å². The molecule has 4 aliphatic rings. The van der Waals surface area contributed by atoms with Crippen LogP contribution in [-0.2, 0) is 11.3 Å². The monoisotopic (exact) mass is 377 g/mol. The van der Waals surface area contributed by atoms with Crippen molar-refractivity contribution >= 4 is 11.8 Å². The Hall–Kier alpha value is -2.69. The summed E-state index contributed by atoms with van der Waals surface area (Å²) in [7, 11) is 1.66. The lowest BCUT2D eigenvalue weighted by Gasteiger charge is -2.31. The van der Waals surface area contributed by atoms with Gasteiger partial charge in [-0.2, -0.15) is 0 Å². The Morgan fingerprint density at radius 3 is 2.46 bits per heavy atom. The fourth-order valence-electron chi connectivity index (χ4n) is 4.36. The Morgan fingerprint density at radius 1 is 1.18 bits per heavy atom. The van der Waals surface area contributed by atoms with Crippen LogP contribution in [0.1, 0.15) is 54.4 Å². The Morgan fingerprint density at radius 2 is 1.93 bits per heavy atom. The van der Waals surface area contributed by atoms with Crippen molar-refractivity contribution in [2.45, 2.75) is 51.1 Å². The number of likely N-dealkylation sites (N-methyl/N-ethyl adjacent to an activating group) is 1. The van der Waals surface area contributed by atoms with Gasteiger partial charge in [0.15, 0.2) is 0 Å². The molecule has 1 unspecified atom stereocenters. The van der Waals surface area contributed by atoms with Crippen LogP contribution in [0.5, 0.6) is 0 Å². The molecule has 5 rings (SSSR count). The molecule has 2 aliphatic carbocycles. The maximum absolute atomic E-state index is 12.6. The summed E-state index contributed by atoms with van der Waals surface area (Å²) in [6.45, 7) is 0.555. The molecule has 2 aliphatic heterocycles. The van der Waals surface area contributed by atoms with E-state index in [1.807, 2.05) is 36.5 Å². The van der Waals surface area contributed by atoms with Gasteiger partial charge >= 0.3 is 0 Å². The average Bonchev–Trinajstić information content (AvgIpc) is 3.06. The quantitative estimate of drug-likeness (QED) is 0.752. The van der Waals surface area contributed by atoms with E-state index in [9.17, 15) is 9.59 Å². The predicted molar refractivity (Wildman–Crippen MR) is 109 cm³/mol. The second kappa shape index (κ2) is 8.13. The van der Waals surface area contributed by atoms with Crippen molar-refractivity contribution in [3.05, 3.63) is 53.7 Å². The minimum atomic E-state index is -0.340. The van der Waals surface area contributed by atoms with E-state index < -0.39 is 0 Å². The lowest BCUT2D eigenvalue weighted by molar-refractivity contribution is -0.126. The van der Waals surface area contributed by atoms with Crippen LogP contribution in [-0.4, -0.2) is 34.8 Å². The number of carbonyl (C=O) groups is 2. The number of aromatic nitrogens is 1. The van der Waals surface area contributed by atoms with Crippen LogP contribution >= 0.6 is 0 Å². The Bertz CT molecular complexity index is 835. The minimum Gasteiger partial charge on any atom is -0.357 e. The smallest absolute Gasteiger partial charge is 0.255 e. The first-order valence-electron chi connectivity index (χ1n) is 10.2. The maximum atomic E-state index is 12.6. The van der Waals surface area contributed by atoms with E-state index in [0.29, 0.717) is 12.5 Å². The summed E-state index contributed by atoms with van der Waals surface area (Å²) < 4.78 is 0. The molecular weight excluding hydrogens is 350 g/mol. The van der Waals surface area contributed by atoms with Gasteiger partial charge in [-0.15, -0.1) is 0 Å². The molecule has 1 aromatic carbocycles. The van der Waals surface area contributed by atoms with Gasteiger partial charge in [-0.1, -0.05) is 50.3 Å². The number of pyridine rings is 1. The van der Waals surface area contributed by atoms with Gasteiger partial charge in [0.1, 0.15) is 6.04 Å². The fraction of sp³-hybridized carbons (Fsp3) is 0.435. The summed E-state index contributed by atoms with van der Waals surface area (Å²) in [4.78, 5) is 30.7. The van der Waals surface area contributed by atoms with E-state index in [1.165, 1.54) is 43.4 Å². The SMILES string of the molecule is CNC(=O)C(CC1CCCCC1)N1Cc2ccccc2C1=O.c1cc2ncc1-2. The molecule has 0 saturated heterocycles. The summed E-state index contributed by atoms with van der Waals surface area (Å²) in [6, 6.07) is 11.4. The number of benzene rings is 1. The second-order valence-corrected chi connectivity index (χ2v) is 7.89. The maximum Gasteiger partial charge on any atom is 0.255 e. The number of nitrogens with zero attached hydrogens (tertiary/aromatic N) is 2. The molecule has 146 valence electrons. The van der Waals surface area contributed by atoms with Crippen molar-refractivity contribution in [2.24, 2.45) is 5.92 Å². The van der Waals surface area contributed by atoms with Gasteiger partial charge in [-0.25, -0.2) is 0 Å². The van der Waals surface area contributed by atoms with Crippen molar-refractivity contribution in [1.29, 1.82) is 0 Å². The summed E-state index contributed by atoms with van der Waals surface area (Å²) in [5.41, 5.74) is 4.27. The van der Waals surface area contributed by atoms with Crippen LogP contribution < -0.4 is 5.32 Å². The molecule has 5 heteroatoms. The topological polar surface area (TPSA) is 62.3 Å². The van der Waals surface area contributed by atoms with Gasteiger partial charge in [0.2, 0.25) is 5.91 Å². The molecule has 2 amide bonds. The van der Waals surface area contributed by atoms with Crippen LogP contribution in [0, 0.1) is 5.92 Å². The highest BCUT2D eigenvalue weighted by Gasteiger charge is 2.37. The van der Waals surface area contributed by atoms with Gasteiger partial charge in [-0.05, 0) is 36.1 Å². The summed E-state index contributed by atoms with van der Waals surface area (Å²) in [5.74, 6) is 0.527. The highest BCUT2D eigenvalue weighted by Crippen LogP contribution is 2.32. The van der Waals surface area contributed by atoms with Crippen LogP contribution in [0.15, 0.2) is 42.6 Å². The molecule has 0 radical (unpaired) electrons. The van der Waals surface area contributed by atoms with E-state index in [1.54, 1.807) is 11.9 Å². The predicted octanol–water partition coefficient (Wildman–Crippen LogP) is 3.79. The number of fused-ring (bicyclic) bond motifs is 2. The largest absolute Gasteiger partial charge is 0.357 e. The first kappa shape index (κ1) is 18.7. The Kier molecular flexibility index (Phi) is 5.42. The number of hydrogen-bond acceptors (Lipinski definition) is 3. The lowest BCUT2D eigenvalue weighted by atomic mass is 9.84. The zero-order valence-electron chi connectivity index (χ0n) is 16.4. The van der Waals surface area contributed by atoms with Crippen LogP contribution in [0.4, 0.5) is 0 Å². The van der Waals surface area contributed by atoms with Crippen LogP contribution in [0.3, 0.4) is 0 Å². The van der Waals surface area contributed by atoms with E-state index in [-0.39, 0.29) is 17.9 Å². The lowest BCUT2D eigenvalue weighted by Crippen LogP contribution is -2.47. The van der Waals surface area contributed by atoms with Crippen molar-refractivity contribution in [1.82, 2.24) is 15.2 Å². The molecule has 0 bridgehead atoms. The van der Waals surface area contributed by atoms with Crippen LogP contribution in [0.25, 0.3) is 11.3 Å². The first-order valence-corrected chi connectivity index (χ1v) is 10.2. The zero-order chi connectivity index (χ0) is 19.5. The highest BCUT2D eigenvalue weighted by atomic mass is 16.2. The fourth-order valence-corrected chi connectivity index (χ4v) is 4.36. The van der Waals surface area contributed by atoms with Gasteiger partial charge in [0, 0.05) is 30.9 Å². The van der Waals surface area contributed by atoms with Gasteiger partial charge in [-0.3, -0.25) is 14.6 Å².